The molecule has 35 heavy (non-hydrogen) atoms. The molecule has 3 aromatic rings. The molecular formula is C25H25N5O4S. The Morgan fingerprint density at radius 1 is 1.11 bits per heavy atom. The smallest absolute Gasteiger partial charge is 0.338 e. The number of rotatable bonds is 9. The van der Waals surface area contributed by atoms with E-state index in [1.165, 1.54) is 11.8 Å². The number of hydrogen-bond donors (Lipinski definition) is 3. The molecule has 1 aliphatic heterocycles. The number of nitrogens with zero attached hydrogens (tertiary/aromatic N) is 2. The first-order chi connectivity index (χ1) is 17.1. The van der Waals surface area contributed by atoms with Crippen LogP contribution in [0.15, 0.2) is 71.0 Å². The standard InChI is InChI=1S/C25H25N5O4S/c1-3-34-23(31)21-19(26-24(32)28-22(21)17-10-12-18(33-2)13-11-17)15-35-25-27-20(29-30-25)14-9-16-7-5-4-6-8-16/h4-14,22H,3,15H2,1-2H3,(H2,26,28,32)(H,27,29,30). The Morgan fingerprint density at radius 2 is 1.89 bits per heavy atom. The van der Waals surface area contributed by atoms with Gasteiger partial charge in [0.1, 0.15) is 11.6 Å². The van der Waals surface area contributed by atoms with Crippen LogP contribution in [0.5, 0.6) is 5.75 Å². The Morgan fingerprint density at radius 3 is 2.60 bits per heavy atom. The van der Waals surface area contributed by atoms with Gasteiger partial charge in [-0.15, -0.1) is 5.10 Å². The fourth-order valence-corrected chi connectivity index (χ4v) is 4.28. The van der Waals surface area contributed by atoms with Crippen LogP contribution in [-0.2, 0) is 9.53 Å². The van der Waals surface area contributed by atoms with Gasteiger partial charge in [-0.25, -0.2) is 14.6 Å². The number of aromatic amines is 1. The molecule has 1 aliphatic rings. The van der Waals surface area contributed by atoms with Crippen molar-refractivity contribution in [1.82, 2.24) is 25.8 Å². The number of H-pyrrole nitrogens is 1. The van der Waals surface area contributed by atoms with Crippen LogP contribution in [-0.4, -0.2) is 46.7 Å². The maximum Gasteiger partial charge on any atom is 0.338 e. The molecule has 1 aromatic heterocycles. The first-order valence-electron chi connectivity index (χ1n) is 11.0. The third-order valence-electron chi connectivity index (χ3n) is 5.16. The lowest BCUT2D eigenvalue weighted by Crippen LogP contribution is -2.46. The zero-order chi connectivity index (χ0) is 24.6. The summed E-state index contributed by atoms with van der Waals surface area (Å²) in [5, 5.41) is 13.2. The van der Waals surface area contributed by atoms with Crippen LogP contribution >= 0.6 is 11.8 Å². The van der Waals surface area contributed by atoms with Gasteiger partial charge in [-0.3, -0.25) is 5.10 Å². The van der Waals surface area contributed by atoms with Gasteiger partial charge < -0.3 is 20.1 Å². The van der Waals surface area contributed by atoms with Gasteiger partial charge in [0.2, 0.25) is 5.16 Å². The molecule has 0 saturated carbocycles. The molecular weight excluding hydrogens is 466 g/mol. The van der Waals surface area contributed by atoms with Crippen molar-refractivity contribution in [2.24, 2.45) is 0 Å². The third-order valence-corrected chi connectivity index (χ3v) is 6.03. The van der Waals surface area contributed by atoms with Gasteiger partial charge >= 0.3 is 12.0 Å². The quantitative estimate of drug-likeness (QED) is 0.306. The molecule has 10 heteroatoms. The molecule has 1 atom stereocenters. The first kappa shape index (κ1) is 24.1. The maximum absolute atomic E-state index is 12.9. The fourth-order valence-electron chi connectivity index (χ4n) is 3.50. The van der Waals surface area contributed by atoms with Gasteiger partial charge in [0.15, 0.2) is 0 Å². The van der Waals surface area contributed by atoms with Gasteiger partial charge in [-0.05, 0) is 36.3 Å². The summed E-state index contributed by atoms with van der Waals surface area (Å²) in [5.41, 5.74) is 2.56. The summed E-state index contributed by atoms with van der Waals surface area (Å²) >= 11 is 1.30. The van der Waals surface area contributed by atoms with Crippen molar-refractivity contribution in [3.8, 4) is 5.75 Å². The topological polar surface area (TPSA) is 118 Å². The summed E-state index contributed by atoms with van der Waals surface area (Å²) in [6, 6.07) is 16.0. The van der Waals surface area contributed by atoms with Crippen LogP contribution in [0.2, 0.25) is 0 Å². The van der Waals surface area contributed by atoms with E-state index in [9.17, 15) is 9.59 Å². The van der Waals surface area contributed by atoms with Crippen LogP contribution in [0, 0.1) is 0 Å². The number of esters is 1. The normalized spacial score (nSPS) is 15.6. The number of urea groups is 1. The van der Waals surface area contributed by atoms with Crippen molar-refractivity contribution in [2.75, 3.05) is 19.5 Å². The zero-order valence-electron chi connectivity index (χ0n) is 19.3. The van der Waals surface area contributed by atoms with Gasteiger partial charge in [0, 0.05) is 11.4 Å². The molecule has 1 unspecified atom stereocenters. The lowest BCUT2D eigenvalue weighted by Gasteiger charge is -2.29. The number of thioether (sulfide) groups is 1. The monoisotopic (exact) mass is 491 g/mol. The molecule has 180 valence electrons. The van der Waals surface area contributed by atoms with Crippen molar-refractivity contribution in [3.63, 3.8) is 0 Å². The molecule has 0 radical (unpaired) electrons. The summed E-state index contributed by atoms with van der Waals surface area (Å²) in [7, 11) is 1.58. The summed E-state index contributed by atoms with van der Waals surface area (Å²) in [6.07, 6.45) is 3.77. The van der Waals surface area contributed by atoms with Crippen LogP contribution in [0.4, 0.5) is 4.79 Å². The van der Waals surface area contributed by atoms with E-state index in [1.807, 2.05) is 42.5 Å². The highest BCUT2D eigenvalue weighted by molar-refractivity contribution is 7.99. The number of aromatic nitrogens is 3. The predicted molar refractivity (Wildman–Crippen MR) is 134 cm³/mol. The number of carbonyl (C=O) groups excluding carboxylic acids is 2. The highest BCUT2D eigenvalue weighted by Crippen LogP contribution is 2.31. The Hall–Kier alpha value is -4.05. The number of benzene rings is 2. The van der Waals surface area contributed by atoms with Gasteiger partial charge in [-0.2, -0.15) is 0 Å². The Kier molecular flexibility index (Phi) is 7.84. The molecule has 0 fully saturated rings. The van der Waals surface area contributed by atoms with E-state index in [2.05, 4.69) is 25.8 Å². The van der Waals surface area contributed by atoms with Gasteiger partial charge in [-0.1, -0.05) is 60.3 Å². The minimum Gasteiger partial charge on any atom is -0.497 e. The van der Waals surface area contributed by atoms with Crippen molar-refractivity contribution < 1.29 is 19.1 Å². The molecule has 2 aromatic carbocycles. The second-order valence-electron chi connectivity index (χ2n) is 7.45. The average Bonchev–Trinajstić information content (AvgIpc) is 3.34. The molecule has 0 saturated heterocycles. The highest BCUT2D eigenvalue weighted by atomic mass is 32.2. The molecule has 0 spiro atoms. The Balaban J connectivity index is 1.55. The van der Waals surface area contributed by atoms with Crippen molar-refractivity contribution in [2.45, 2.75) is 18.1 Å². The average molecular weight is 492 g/mol. The number of methoxy groups -OCH3 is 1. The predicted octanol–water partition coefficient (Wildman–Crippen LogP) is 3.95. The molecule has 0 bridgehead atoms. The zero-order valence-corrected chi connectivity index (χ0v) is 20.1. The lowest BCUT2D eigenvalue weighted by molar-refractivity contribution is -0.139. The molecule has 2 heterocycles. The molecule has 0 aliphatic carbocycles. The first-order valence-corrected chi connectivity index (χ1v) is 12.0. The van der Waals surface area contributed by atoms with E-state index in [0.717, 1.165) is 11.1 Å². The van der Waals surface area contributed by atoms with Crippen molar-refractivity contribution in [3.05, 3.63) is 82.8 Å². The SMILES string of the molecule is CCOC(=O)C1=C(CSc2n[nH]c(C=Cc3ccccc3)n2)NC(=O)NC1c1ccc(OC)cc1. The number of ether oxygens (including phenoxy) is 2. The number of nitrogens with one attached hydrogen (secondary N) is 3. The minimum absolute atomic E-state index is 0.212. The van der Waals surface area contributed by atoms with Gasteiger partial charge in [0.05, 0.1) is 25.3 Å². The second kappa shape index (κ2) is 11.4. The van der Waals surface area contributed by atoms with E-state index in [0.29, 0.717) is 28.0 Å². The summed E-state index contributed by atoms with van der Waals surface area (Å²) in [4.78, 5) is 29.8. The van der Waals surface area contributed by atoms with Crippen LogP contribution in [0.25, 0.3) is 12.2 Å². The largest absolute Gasteiger partial charge is 0.497 e. The number of hydrogen-bond acceptors (Lipinski definition) is 7. The van der Waals surface area contributed by atoms with Gasteiger partial charge in [0.25, 0.3) is 0 Å². The Labute approximate surface area is 207 Å². The van der Waals surface area contributed by atoms with E-state index in [4.69, 9.17) is 9.47 Å². The molecule has 3 N–H and O–H groups in total. The molecule has 4 rings (SSSR count). The van der Waals surface area contributed by atoms with Crippen LogP contribution < -0.4 is 15.4 Å². The maximum atomic E-state index is 12.9. The second-order valence-corrected chi connectivity index (χ2v) is 8.40. The van der Waals surface area contributed by atoms with Crippen molar-refractivity contribution >= 4 is 35.9 Å². The van der Waals surface area contributed by atoms with E-state index < -0.39 is 18.0 Å². The van der Waals surface area contributed by atoms with Crippen LogP contribution in [0.3, 0.4) is 0 Å². The highest BCUT2D eigenvalue weighted by Gasteiger charge is 2.33. The lowest BCUT2D eigenvalue weighted by atomic mass is 9.95. The van der Waals surface area contributed by atoms with E-state index in [-0.39, 0.29) is 12.4 Å². The summed E-state index contributed by atoms with van der Waals surface area (Å²) in [5.74, 6) is 1.04. The summed E-state index contributed by atoms with van der Waals surface area (Å²) < 4.78 is 10.5. The molecule has 9 nitrogen and oxygen atoms in total. The minimum atomic E-state index is -0.666. The fraction of sp³-hybridized carbons (Fsp3) is 0.200. The van der Waals surface area contributed by atoms with E-state index >= 15 is 0 Å². The number of amides is 2. The Bertz CT molecular complexity index is 1240. The van der Waals surface area contributed by atoms with E-state index in [1.54, 1.807) is 38.3 Å². The summed E-state index contributed by atoms with van der Waals surface area (Å²) in [6.45, 7) is 1.95. The third kappa shape index (κ3) is 6.10. The number of carbonyl (C=O) groups is 2. The van der Waals surface area contributed by atoms with Crippen molar-refractivity contribution in [1.29, 1.82) is 0 Å². The molecule has 2 amide bonds. The van der Waals surface area contributed by atoms with Crippen LogP contribution in [0.1, 0.15) is 29.9 Å².